The van der Waals surface area contributed by atoms with Crippen LogP contribution in [0.1, 0.15) is 52.7 Å². The van der Waals surface area contributed by atoms with Crippen LogP contribution < -0.4 is 0 Å². The fourth-order valence-electron chi connectivity index (χ4n) is 4.19. The van der Waals surface area contributed by atoms with E-state index in [2.05, 4.69) is 29.1 Å². The van der Waals surface area contributed by atoms with Crippen LogP contribution >= 0.6 is 0 Å². The van der Waals surface area contributed by atoms with Gasteiger partial charge >= 0.3 is 0 Å². The summed E-state index contributed by atoms with van der Waals surface area (Å²) in [5, 5.41) is 4.38. The summed E-state index contributed by atoms with van der Waals surface area (Å²) in [6.07, 6.45) is 5.00. The molecule has 0 aliphatic carbocycles. The molecule has 0 saturated carbocycles. The lowest BCUT2D eigenvalue weighted by molar-refractivity contribution is 0.243. The molecule has 0 N–H and O–H groups in total. The molecule has 1 aliphatic rings. The Morgan fingerprint density at radius 3 is 2.75 bits per heavy atom. The second-order valence-corrected chi connectivity index (χ2v) is 7.86. The highest BCUT2D eigenvalue weighted by atomic mass is 19.1. The monoisotopic (exact) mass is 378 g/mol. The van der Waals surface area contributed by atoms with Gasteiger partial charge in [-0.25, -0.2) is 4.39 Å². The first kappa shape index (κ1) is 18.8. The normalized spacial score (nSPS) is 17.4. The minimum Gasteiger partial charge on any atom is -0.290 e. The molecule has 0 radical (unpaired) electrons. The van der Waals surface area contributed by atoms with E-state index in [0.717, 1.165) is 42.9 Å². The quantitative estimate of drug-likeness (QED) is 0.656. The maximum atomic E-state index is 13.5. The van der Waals surface area contributed by atoms with Crippen LogP contribution in [0.15, 0.2) is 42.6 Å². The number of halogens is 1. The summed E-state index contributed by atoms with van der Waals surface area (Å²) < 4.78 is 15.5. The van der Waals surface area contributed by atoms with Crippen LogP contribution in [0.3, 0.4) is 0 Å². The fourth-order valence-corrected chi connectivity index (χ4v) is 4.19. The third kappa shape index (κ3) is 3.99. The molecule has 28 heavy (non-hydrogen) atoms. The van der Waals surface area contributed by atoms with Gasteiger partial charge in [-0.15, -0.1) is 0 Å². The lowest BCUT2D eigenvalue weighted by Crippen LogP contribution is -2.24. The molecule has 1 atom stereocenters. The molecule has 1 fully saturated rings. The molecule has 1 aliphatic heterocycles. The van der Waals surface area contributed by atoms with Crippen LogP contribution in [0.5, 0.6) is 0 Å². The Hall–Kier alpha value is -2.53. The number of hydrogen-bond donors (Lipinski definition) is 0. The molecule has 1 aromatic carbocycles. The second-order valence-electron chi connectivity index (χ2n) is 7.86. The van der Waals surface area contributed by atoms with Gasteiger partial charge in [0.2, 0.25) is 0 Å². The molecule has 5 heteroatoms. The third-order valence-electron chi connectivity index (χ3n) is 5.75. The number of pyridine rings is 1. The maximum absolute atomic E-state index is 13.5. The van der Waals surface area contributed by atoms with Gasteiger partial charge in [-0.2, -0.15) is 5.10 Å². The Balaban J connectivity index is 1.57. The maximum Gasteiger partial charge on any atom is 0.123 e. The van der Waals surface area contributed by atoms with Crippen LogP contribution in [-0.2, 0) is 20.0 Å². The number of benzene rings is 1. The van der Waals surface area contributed by atoms with Gasteiger partial charge in [-0.1, -0.05) is 12.1 Å². The van der Waals surface area contributed by atoms with Gasteiger partial charge in [0.05, 0.1) is 17.9 Å². The highest BCUT2D eigenvalue weighted by Crippen LogP contribution is 2.33. The predicted molar refractivity (Wildman–Crippen MR) is 109 cm³/mol. The van der Waals surface area contributed by atoms with Gasteiger partial charge in [0.25, 0.3) is 0 Å². The van der Waals surface area contributed by atoms with E-state index in [1.807, 2.05) is 30.9 Å². The molecule has 1 saturated heterocycles. The van der Waals surface area contributed by atoms with Crippen molar-refractivity contribution in [3.05, 3.63) is 82.2 Å². The predicted octanol–water partition coefficient (Wildman–Crippen LogP) is 4.50. The van der Waals surface area contributed by atoms with E-state index in [9.17, 15) is 4.39 Å². The summed E-state index contributed by atoms with van der Waals surface area (Å²) in [6.45, 7) is 6.14. The molecule has 4 nitrogen and oxygen atoms in total. The Labute approximate surface area is 166 Å². The van der Waals surface area contributed by atoms with E-state index in [1.165, 1.54) is 29.3 Å². The lowest BCUT2D eigenvalue weighted by atomic mass is 10.0. The average molecular weight is 378 g/mol. The Kier molecular flexibility index (Phi) is 5.27. The molecule has 3 aromatic rings. The van der Waals surface area contributed by atoms with Crippen molar-refractivity contribution in [3.8, 4) is 0 Å². The van der Waals surface area contributed by atoms with Gasteiger partial charge in [0.1, 0.15) is 5.82 Å². The minimum atomic E-state index is -0.183. The summed E-state index contributed by atoms with van der Waals surface area (Å²) in [7, 11) is 1.99. The summed E-state index contributed by atoms with van der Waals surface area (Å²) in [5.74, 6) is -0.183. The number of aryl methyl sites for hydroxylation is 2. The van der Waals surface area contributed by atoms with Crippen molar-refractivity contribution < 1.29 is 4.39 Å². The molecule has 0 amide bonds. The Morgan fingerprint density at radius 2 is 2.00 bits per heavy atom. The zero-order chi connectivity index (χ0) is 19.7. The fraction of sp³-hybridized carbons (Fsp3) is 0.391. The zero-order valence-electron chi connectivity index (χ0n) is 16.8. The van der Waals surface area contributed by atoms with E-state index < -0.39 is 0 Å². The van der Waals surface area contributed by atoms with Gasteiger partial charge in [0, 0.05) is 30.5 Å². The molecular weight excluding hydrogens is 351 g/mol. The number of aromatic nitrogens is 3. The Bertz CT molecular complexity index is 978. The van der Waals surface area contributed by atoms with Crippen LogP contribution in [0, 0.1) is 19.7 Å². The molecule has 3 heterocycles. The standard InChI is InChI=1S/C23H27FN4/c1-16-10-19(11-18-6-4-7-21(24)12-18)13-22(26-16)23-8-5-9-28(23)15-20-14-25-27(3)17(20)2/h4,6-7,10,12-14,23H,5,8-9,11,15H2,1-3H3/t23-/m0/s1. The summed E-state index contributed by atoms with van der Waals surface area (Å²) >= 11 is 0. The smallest absolute Gasteiger partial charge is 0.123 e. The average Bonchev–Trinajstić information content (AvgIpc) is 3.23. The molecule has 146 valence electrons. The summed E-state index contributed by atoms with van der Waals surface area (Å²) in [6, 6.07) is 11.5. The third-order valence-corrected chi connectivity index (χ3v) is 5.75. The van der Waals surface area contributed by atoms with Crippen molar-refractivity contribution in [3.63, 3.8) is 0 Å². The van der Waals surface area contributed by atoms with Crippen molar-refractivity contribution >= 4 is 0 Å². The van der Waals surface area contributed by atoms with Crippen molar-refractivity contribution in [2.45, 2.75) is 45.7 Å². The molecule has 0 spiro atoms. The molecule has 0 bridgehead atoms. The van der Waals surface area contributed by atoms with E-state index >= 15 is 0 Å². The van der Waals surface area contributed by atoms with E-state index in [-0.39, 0.29) is 5.82 Å². The van der Waals surface area contributed by atoms with Crippen molar-refractivity contribution in [1.82, 2.24) is 19.7 Å². The number of likely N-dealkylation sites (tertiary alicyclic amines) is 1. The molecule has 4 rings (SSSR count). The largest absolute Gasteiger partial charge is 0.290 e. The first-order valence-corrected chi connectivity index (χ1v) is 9.93. The van der Waals surface area contributed by atoms with Gasteiger partial charge in [-0.3, -0.25) is 14.6 Å². The number of rotatable bonds is 5. The highest BCUT2D eigenvalue weighted by Gasteiger charge is 2.28. The highest BCUT2D eigenvalue weighted by molar-refractivity contribution is 5.30. The SMILES string of the molecule is Cc1cc(Cc2cccc(F)c2)cc([C@@H]2CCCN2Cc2cnn(C)c2C)n1. The summed E-state index contributed by atoms with van der Waals surface area (Å²) in [4.78, 5) is 7.37. The molecule has 2 aromatic heterocycles. The van der Waals surface area contributed by atoms with Gasteiger partial charge in [0.15, 0.2) is 0 Å². The molecule has 0 unspecified atom stereocenters. The topological polar surface area (TPSA) is 34.0 Å². The van der Waals surface area contributed by atoms with Crippen LogP contribution in [0.25, 0.3) is 0 Å². The van der Waals surface area contributed by atoms with Crippen LogP contribution in [-0.4, -0.2) is 26.2 Å². The lowest BCUT2D eigenvalue weighted by Gasteiger charge is -2.24. The van der Waals surface area contributed by atoms with E-state index in [1.54, 1.807) is 12.1 Å². The van der Waals surface area contributed by atoms with E-state index in [4.69, 9.17) is 4.98 Å². The van der Waals surface area contributed by atoms with Crippen molar-refractivity contribution in [2.75, 3.05) is 6.54 Å². The second kappa shape index (κ2) is 7.84. The summed E-state index contributed by atoms with van der Waals surface area (Å²) in [5.41, 5.74) is 6.83. The van der Waals surface area contributed by atoms with Gasteiger partial charge in [-0.05, 0) is 75.0 Å². The first-order chi connectivity index (χ1) is 13.5. The van der Waals surface area contributed by atoms with E-state index in [0.29, 0.717) is 6.04 Å². The number of nitrogens with zero attached hydrogens (tertiary/aromatic N) is 4. The molecular formula is C23H27FN4. The van der Waals surface area contributed by atoms with Crippen molar-refractivity contribution in [1.29, 1.82) is 0 Å². The Morgan fingerprint density at radius 1 is 1.14 bits per heavy atom. The zero-order valence-corrected chi connectivity index (χ0v) is 16.8. The van der Waals surface area contributed by atoms with Crippen LogP contribution in [0.4, 0.5) is 4.39 Å². The van der Waals surface area contributed by atoms with Crippen molar-refractivity contribution in [2.24, 2.45) is 7.05 Å². The number of hydrogen-bond acceptors (Lipinski definition) is 3. The van der Waals surface area contributed by atoms with Crippen LogP contribution in [0.2, 0.25) is 0 Å². The first-order valence-electron chi connectivity index (χ1n) is 9.93. The van der Waals surface area contributed by atoms with Gasteiger partial charge < -0.3 is 0 Å². The minimum absolute atomic E-state index is 0.183.